The Balaban J connectivity index is 1.71. The monoisotopic (exact) mass is 333 g/mol. The van der Waals surface area contributed by atoms with Gasteiger partial charge in [0, 0.05) is 37.8 Å². The Labute approximate surface area is 140 Å². The average molecular weight is 333 g/mol. The highest BCUT2D eigenvalue weighted by molar-refractivity contribution is 7.09. The van der Waals surface area contributed by atoms with Crippen LogP contribution in [0.3, 0.4) is 0 Å². The molecule has 23 heavy (non-hydrogen) atoms. The highest BCUT2D eigenvalue weighted by atomic mass is 32.1. The molecule has 0 saturated carbocycles. The molecule has 2 heterocycles. The van der Waals surface area contributed by atoms with E-state index >= 15 is 0 Å². The lowest BCUT2D eigenvalue weighted by atomic mass is 10.0. The van der Waals surface area contributed by atoms with Crippen molar-refractivity contribution in [2.24, 2.45) is 0 Å². The largest absolute Gasteiger partial charge is 0.385 e. The second-order valence-corrected chi connectivity index (χ2v) is 6.99. The summed E-state index contributed by atoms with van der Waals surface area (Å²) in [5.74, 6) is 0. The highest BCUT2D eigenvalue weighted by Gasteiger charge is 2.31. The zero-order valence-corrected chi connectivity index (χ0v) is 14.0. The molecule has 0 amide bonds. The van der Waals surface area contributed by atoms with E-state index in [0.29, 0.717) is 26.3 Å². The predicted octanol–water partition coefficient (Wildman–Crippen LogP) is 1.50. The van der Waals surface area contributed by atoms with Gasteiger partial charge in [0.1, 0.15) is 10.6 Å². The summed E-state index contributed by atoms with van der Waals surface area (Å²) in [5.41, 5.74) is 0.359. The van der Waals surface area contributed by atoms with Crippen molar-refractivity contribution >= 4 is 11.3 Å². The third kappa shape index (κ3) is 5.09. The van der Waals surface area contributed by atoms with Crippen molar-refractivity contribution in [2.75, 3.05) is 32.8 Å². The Morgan fingerprint density at radius 3 is 2.96 bits per heavy atom. The second kappa shape index (κ2) is 7.99. The van der Waals surface area contributed by atoms with E-state index < -0.39 is 5.60 Å². The van der Waals surface area contributed by atoms with Gasteiger partial charge in [0.05, 0.1) is 19.8 Å². The summed E-state index contributed by atoms with van der Waals surface area (Å²) in [6.45, 7) is 4.41. The lowest BCUT2D eigenvalue weighted by Crippen LogP contribution is -2.51. The molecule has 0 unspecified atom stereocenters. The molecule has 1 fully saturated rings. The topological polar surface area (TPSA) is 57.6 Å². The van der Waals surface area contributed by atoms with E-state index in [1.165, 1.54) is 5.56 Å². The van der Waals surface area contributed by atoms with Gasteiger partial charge in [-0.3, -0.25) is 4.90 Å². The lowest BCUT2D eigenvalue weighted by molar-refractivity contribution is -0.0518. The molecule has 2 N–H and O–H groups in total. The number of thiazole rings is 1. The smallest absolute Gasteiger partial charge is 0.113 e. The van der Waals surface area contributed by atoms with Crippen LogP contribution in [0.1, 0.15) is 10.6 Å². The summed E-state index contributed by atoms with van der Waals surface area (Å²) >= 11 is 1.65. The fourth-order valence-electron chi connectivity index (χ4n) is 2.83. The number of hydrogen-bond donors (Lipinski definition) is 2. The van der Waals surface area contributed by atoms with Crippen LogP contribution in [0.4, 0.5) is 0 Å². The zero-order valence-electron chi connectivity index (χ0n) is 13.1. The van der Waals surface area contributed by atoms with E-state index in [1.807, 2.05) is 29.8 Å². The number of aromatic nitrogens is 1. The molecule has 2 aromatic rings. The van der Waals surface area contributed by atoms with Crippen molar-refractivity contribution < 1.29 is 9.84 Å². The van der Waals surface area contributed by atoms with Crippen molar-refractivity contribution in [3.63, 3.8) is 0 Å². The van der Waals surface area contributed by atoms with Gasteiger partial charge < -0.3 is 15.2 Å². The Morgan fingerprint density at radius 2 is 2.17 bits per heavy atom. The number of β-amino-alcohol motifs (C(OH)–C–C–N with tert-alkyl or cyclic N) is 1. The molecule has 1 aliphatic heterocycles. The average Bonchev–Trinajstić information content (AvgIpc) is 2.95. The Hall–Kier alpha value is -1.31. The fraction of sp³-hybridized carbons (Fsp3) is 0.471. The number of rotatable bonds is 6. The summed E-state index contributed by atoms with van der Waals surface area (Å²) in [7, 11) is 0. The van der Waals surface area contributed by atoms with Crippen LogP contribution in [0.5, 0.6) is 0 Å². The predicted molar refractivity (Wildman–Crippen MR) is 91.3 cm³/mol. The van der Waals surface area contributed by atoms with Crippen LogP contribution in [0.2, 0.25) is 0 Å². The van der Waals surface area contributed by atoms with Crippen LogP contribution in [-0.2, 0) is 17.8 Å². The number of benzene rings is 1. The van der Waals surface area contributed by atoms with Crippen molar-refractivity contribution in [2.45, 2.75) is 18.7 Å². The first-order valence-corrected chi connectivity index (χ1v) is 8.77. The molecule has 1 aromatic heterocycles. The van der Waals surface area contributed by atoms with Crippen LogP contribution in [0.25, 0.3) is 0 Å². The highest BCUT2D eigenvalue weighted by Crippen LogP contribution is 2.17. The van der Waals surface area contributed by atoms with E-state index in [9.17, 15) is 5.11 Å². The van der Waals surface area contributed by atoms with Gasteiger partial charge in [0.25, 0.3) is 0 Å². The molecule has 1 aromatic carbocycles. The quantitative estimate of drug-likeness (QED) is 0.839. The minimum absolute atomic E-state index is 0.364. The van der Waals surface area contributed by atoms with Crippen molar-refractivity contribution in [3.8, 4) is 0 Å². The Morgan fingerprint density at radius 1 is 1.30 bits per heavy atom. The summed E-state index contributed by atoms with van der Waals surface area (Å²) in [6.07, 6.45) is 1.83. The summed E-state index contributed by atoms with van der Waals surface area (Å²) in [6, 6.07) is 10.3. The molecule has 6 heteroatoms. The van der Waals surface area contributed by atoms with Gasteiger partial charge in [0.2, 0.25) is 0 Å². The number of ether oxygens (including phenoxy) is 1. The van der Waals surface area contributed by atoms with Crippen molar-refractivity contribution in [1.29, 1.82) is 0 Å². The van der Waals surface area contributed by atoms with E-state index in [4.69, 9.17) is 4.74 Å². The normalized spacial score (nSPS) is 22.2. The van der Waals surface area contributed by atoms with Gasteiger partial charge in [-0.2, -0.15) is 0 Å². The van der Waals surface area contributed by atoms with Crippen molar-refractivity contribution in [1.82, 2.24) is 15.2 Å². The van der Waals surface area contributed by atoms with E-state index in [-0.39, 0.29) is 0 Å². The molecule has 0 radical (unpaired) electrons. The first-order chi connectivity index (χ1) is 11.2. The van der Waals surface area contributed by atoms with E-state index in [2.05, 4.69) is 27.3 Å². The third-order valence-electron chi connectivity index (χ3n) is 3.86. The molecule has 0 spiro atoms. The summed E-state index contributed by atoms with van der Waals surface area (Å²) in [4.78, 5) is 6.62. The van der Waals surface area contributed by atoms with Crippen LogP contribution in [0.15, 0.2) is 41.9 Å². The minimum atomic E-state index is -0.872. The van der Waals surface area contributed by atoms with Gasteiger partial charge in [-0.05, 0) is 5.56 Å². The van der Waals surface area contributed by atoms with Gasteiger partial charge >= 0.3 is 0 Å². The Bertz CT molecular complexity index is 569. The van der Waals surface area contributed by atoms with E-state index in [1.54, 1.807) is 11.3 Å². The zero-order chi connectivity index (χ0) is 16.0. The molecular weight excluding hydrogens is 310 g/mol. The summed E-state index contributed by atoms with van der Waals surface area (Å²) < 4.78 is 5.54. The first kappa shape index (κ1) is 16.5. The SMILES string of the molecule is O[C@]1(CN(Cc2ccccc2)Cc2nccs2)CNCCOC1. The first-order valence-electron chi connectivity index (χ1n) is 7.89. The van der Waals surface area contributed by atoms with Gasteiger partial charge in [-0.25, -0.2) is 4.98 Å². The number of hydrogen-bond acceptors (Lipinski definition) is 6. The van der Waals surface area contributed by atoms with Crippen molar-refractivity contribution in [3.05, 3.63) is 52.5 Å². The molecular formula is C17H23N3O2S. The van der Waals surface area contributed by atoms with Crippen LogP contribution in [-0.4, -0.2) is 53.4 Å². The molecule has 1 aliphatic rings. The lowest BCUT2D eigenvalue weighted by Gasteiger charge is -2.32. The molecule has 124 valence electrons. The second-order valence-electron chi connectivity index (χ2n) is 6.01. The number of nitrogens with one attached hydrogen (secondary N) is 1. The fourth-order valence-corrected chi connectivity index (χ4v) is 3.49. The molecule has 5 nitrogen and oxygen atoms in total. The number of aliphatic hydroxyl groups is 1. The van der Waals surface area contributed by atoms with Crippen LogP contribution < -0.4 is 5.32 Å². The molecule has 1 atom stereocenters. The van der Waals surface area contributed by atoms with Gasteiger partial charge in [0.15, 0.2) is 0 Å². The molecule has 3 rings (SSSR count). The molecule has 1 saturated heterocycles. The van der Waals surface area contributed by atoms with Gasteiger partial charge in [-0.1, -0.05) is 30.3 Å². The maximum absolute atomic E-state index is 10.9. The Kier molecular flexibility index (Phi) is 5.75. The van der Waals surface area contributed by atoms with E-state index in [0.717, 1.165) is 24.6 Å². The summed E-state index contributed by atoms with van der Waals surface area (Å²) in [5, 5.41) is 17.2. The van der Waals surface area contributed by atoms with Crippen LogP contribution >= 0.6 is 11.3 Å². The standard InChI is InChI=1S/C17H23N3O2S/c21-17(12-18-6-8-22-14-17)13-20(11-16-19-7-9-23-16)10-15-4-2-1-3-5-15/h1-5,7,9,18,21H,6,8,10-14H2/t17-/m0/s1. The number of nitrogens with zero attached hydrogens (tertiary/aromatic N) is 2. The molecule has 0 bridgehead atoms. The third-order valence-corrected chi connectivity index (χ3v) is 4.62. The maximum atomic E-state index is 10.9. The van der Waals surface area contributed by atoms with Gasteiger partial charge in [-0.15, -0.1) is 11.3 Å². The van der Waals surface area contributed by atoms with Crippen LogP contribution in [0, 0.1) is 0 Å². The maximum Gasteiger partial charge on any atom is 0.113 e. The minimum Gasteiger partial charge on any atom is -0.385 e. The molecule has 0 aliphatic carbocycles.